The number of aryl methyl sites for hydroxylation is 2. The summed E-state index contributed by atoms with van der Waals surface area (Å²) in [5.41, 5.74) is 4.86. The van der Waals surface area contributed by atoms with Crippen molar-refractivity contribution in [2.75, 3.05) is 0 Å². The zero-order valence-corrected chi connectivity index (χ0v) is 23.9. The van der Waals surface area contributed by atoms with Crippen LogP contribution in [0.2, 0.25) is 5.02 Å². The van der Waals surface area contributed by atoms with E-state index in [9.17, 15) is 9.59 Å². The molecule has 0 atom stereocenters. The van der Waals surface area contributed by atoms with Crippen molar-refractivity contribution in [3.63, 3.8) is 0 Å². The van der Waals surface area contributed by atoms with Gasteiger partial charge in [0.1, 0.15) is 12.4 Å². The fraction of sp³-hybridized carbons (Fsp3) is 0.118. The van der Waals surface area contributed by atoms with Gasteiger partial charge in [-0.1, -0.05) is 78.3 Å². The molecule has 0 aliphatic carbocycles. The molecule has 0 bridgehead atoms. The summed E-state index contributed by atoms with van der Waals surface area (Å²) in [5, 5.41) is 7.13. The summed E-state index contributed by atoms with van der Waals surface area (Å²) in [7, 11) is 0. The number of aromatic nitrogens is 4. The van der Waals surface area contributed by atoms with Crippen LogP contribution in [0, 0.1) is 13.8 Å². The highest BCUT2D eigenvalue weighted by atomic mass is 35.5. The molecule has 4 aromatic carbocycles. The number of hydrogen-bond acceptors (Lipinski definition) is 3. The summed E-state index contributed by atoms with van der Waals surface area (Å²) >= 11 is 6.07. The fourth-order valence-corrected chi connectivity index (χ4v) is 5.49. The average Bonchev–Trinajstić information content (AvgIpc) is 3.48. The number of nitrogens with zero attached hydrogens (tertiary/aromatic N) is 2. The average molecular weight is 577 g/mol. The van der Waals surface area contributed by atoms with Gasteiger partial charge in [0, 0.05) is 22.0 Å². The minimum Gasteiger partial charge on any atom is -0.489 e. The lowest BCUT2D eigenvalue weighted by Crippen LogP contribution is -2.25. The summed E-state index contributed by atoms with van der Waals surface area (Å²) in [6, 6.07) is 33.8. The number of ether oxygens (including phenoxy) is 1. The molecule has 0 saturated carbocycles. The zero-order chi connectivity index (χ0) is 29.2. The van der Waals surface area contributed by atoms with Gasteiger partial charge in [-0.2, -0.15) is 0 Å². The second-order valence-corrected chi connectivity index (χ2v) is 10.6. The molecular weight excluding hydrogens is 548 g/mol. The summed E-state index contributed by atoms with van der Waals surface area (Å²) in [6.07, 6.45) is 0. The van der Waals surface area contributed by atoms with Crippen LogP contribution in [-0.2, 0) is 6.61 Å². The quantitative estimate of drug-likeness (QED) is 0.212. The molecule has 0 fully saturated rings. The van der Waals surface area contributed by atoms with Crippen molar-refractivity contribution in [3.8, 4) is 17.1 Å². The Balaban J connectivity index is 1.54. The summed E-state index contributed by atoms with van der Waals surface area (Å²) in [4.78, 5) is 28.3. The first-order valence-electron chi connectivity index (χ1n) is 13.6. The lowest BCUT2D eigenvalue weighted by molar-refractivity contribution is 0.302. The summed E-state index contributed by atoms with van der Waals surface area (Å²) < 4.78 is 9.39. The minimum absolute atomic E-state index is 0.234. The van der Waals surface area contributed by atoms with Crippen molar-refractivity contribution >= 4 is 11.6 Å². The van der Waals surface area contributed by atoms with Crippen molar-refractivity contribution in [1.82, 2.24) is 19.6 Å². The van der Waals surface area contributed by atoms with Crippen LogP contribution in [0.3, 0.4) is 0 Å². The highest BCUT2D eigenvalue weighted by Gasteiger charge is 2.32. The lowest BCUT2D eigenvalue weighted by atomic mass is 9.84. The van der Waals surface area contributed by atoms with E-state index in [0.717, 1.165) is 5.56 Å². The Kier molecular flexibility index (Phi) is 7.42. The third kappa shape index (κ3) is 5.10. The predicted molar refractivity (Wildman–Crippen MR) is 165 cm³/mol. The van der Waals surface area contributed by atoms with Crippen molar-refractivity contribution in [3.05, 3.63) is 169 Å². The molecule has 210 valence electrons. The number of rotatable bonds is 8. The molecule has 6 aromatic rings. The van der Waals surface area contributed by atoms with Crippen LogP contribution in [0.4, 0.5) is 0 Å². The van der Waals surface area contributed by atoms with E-state index in [2.05, 4.69) is 10.2 Å². The number of nitrogens with one attached hydrogen (secondary N) is 2. The summed E-state index contributed by atoms with van der Waals surface area (Å²) in [6.45, 7) is 4.01. The Hall–Kier alpha value is -5.01. The Morgan fingerprint density at radius 3 is 1.67 bits per heavy atom. The van der Waals surface area contributed by atoms with Gasteiger partial charge in [-0.15, -0.1) is 0 Å². The van der Waals surface area contributed by atoms with Gasteiger partial charge in [0.05, 0.1) is 28.4 Å². The van der Waals surface area contributed by atoms with E-state index in [0.29, 0.717) is 56.8 Å². The standard InChI is InChI=1S/C34H29ClN4O3/c1-22-30(33(40)38(36-22)26-11-5-3-6-12-26)32(31-23(2)37-39(34(31)41)27-13-7-4-8-14-27)28-15-9-10-16-29(28)42-21-24-17-19-25(35)20-18-24/h3-20,32,36-37H,21H2,1-2H3. The second kappa shape index (κ2) is 11.5. The third-order valence-electron chi connectivity index (χ3n) is 7.38. The van der Waals surface area contributed by atoms with Crippen molar-refractivity contribution in [2.24, 2.45) is 0 Å². The maximum absolute atomic E-state index is 14.2. The molecule has 0 unspecified atom stereocenters. The Morgan fingerprint density at radius 2 is 1.14 bits per heavy atom. The summed E-state index contributed by atoms with van der Waals surface area (Å²) in [5.74, 6) is -0.135. The van der Waals surface area contributed by atoms with Crippen LogP contribution in [0.15, 0.2) is 119 Å². The number of hydrogen-bond donors (Lipinski definition) is 2. The van der Waals surface area contributed by atoms with Gasteiger partial charge in [0.15, 0.2) is 0 Å². The number of benzene rings is 4. The van der Waals surface area contributed by atoms with Gasteiger partial charge in [0.25, 0.3) is 11.1 Å². The molecule has 6 rings (SSSR count). The first kappa shape index (κ1) is 27.2. The molecule has 0 aliphatic heterocycles. The normalized spacial score (nSPS) is 11.2. The fourth-order valence-electron chi connectivity index (χ4n) is 5.36. The van der Waals surface area contributed by atoms with Gasteiger partial charge >= 0.3 is 0 Å². The molecule has 0 saturated heterocycles. The van der Waals surface area contributed by atoms with Gasteiger partial charge < -0.3 is 4.74 Å². The van der Waals surface area contributed by atoms with Crippen molar-refractivity contribution in [1.29, 1.82) is 0 Å². The van der Waals surface area contributed by atoms with E-state index in [1.807, 2.05) is 123 Å². The van der Waals surface area contributed by atoms with Gasteiger partial charge in [-0.25, -0.2) is 9.36 Å². The van der Waals surface area contributed by atoms with E-state index in [-0.39, 0.29) is 11.1 Å². The molecule has 0 amide bonds. The maximum atomic E-state index is 14.2. The number of para-hydroxylation sites is 3. The highest BCUT2D eigenvalue weighted by Crippen LogP contribution is 2.37. The van der Waals surface area contributed by atoms with E-state index in [1.54, 1.807) is 0 Å². The van der Waals surface area contributed by atoms with E-state index < -0.39 is 5.92 Å². The van der Waals surface area contributed by atoms with Crippen molar-refractivity contribution in [2.45, 2.75) is 26.4 Å². The molecule has 7 nitrogen and oxygen atoms in total. The zero-order valence-electron chi connectivity index (χ0n) is 23.2. The Bertz CT molecular complexity index is 1850. The predicted octanol–water partition coefficient (Wildman–Crippen LogP) is 6.67. The third-order valence-corrected chi connectivity index (χ3v) is 7.63. The smallest absolute Gasteiger partial charge is 0.275 e. The van der Waals surface area contributed by atoms with Crippen LogP contribution in [-0.4, -0.2) is 19.6 Å². The van der Waals surface area contributed by atoms with Crippen LogP contribution >= 0.6 is 11.6 Å². The first-order valence-corrected chi connectivity index (χ1v) is 14.0. The second-order valence-electron chi connectivity index (χ2n) is 10.1. The first-order chi connectivity index (χ1) is 20.4. The lowest BCUT2D eigenvalue weighted by Gasteiger charge is -2.20. The van der Waals surface area contributed by atoms with Gasteiger partial charge in [-0.3, -0.25) is 19.8 Å². The molecule has 2 N–H and O–H groups in total. The van der Waals surface area contributed by atoms with Crippen molar-refractivity contribution < 1.29 is 4.74 Å². The highest BCUT2D eigenvalue weighted by molar-refractivity contribution is 6.30. The molecule has 2 aromatic heterocycles. The molecule has 0 aliphatic rings. The van der Waals surface area contributed by atoms with Gasteiger partial charge in [0.2, 0.25) is 0 Å². The molecule has 0 radical (unpaired) electrons. The number of halogens is 1. The van der Waals surface area contributed by atoms with E-state index in [4.69, 9.17) is 16.3 Å². The van der Waals surface area contributed by atoms with Gasteiger partial charge in [-0.05, 0) is 61.9 Å². The monoisotopic (exact) mass is 576 g/mol. The van der Waals surface area contributed by atoms with Crippen LogP contribution in [0.5, 0.6) is 5.75 Å². The number of H-pyrrole nitrogens is 2. The maximum Gasteiger partial charge on any atom is 0.275 e. The number of aromatic amines is 2. The van der Waals surface area contributed by atoms with E-state index in [1.165, 1.54) is 9.36 Å². The SMILES string of the molecule is Cc1[nH]n(-c2ccccc2)c(=O)c1C(c1ccccc1OCc1ccc(Cl)cc1)c1c(C)[nH]n(-c2ccccc2)c1=O. The Morgan fingerprint density at radius 1 is 0.667 bits per heavy atom. The topological polar surface area (TPSA) is 84.8 Å². The molecule has 8 heteroatoms. The Labute approximate surface area is 247 Å². The molecule has 0 spiro atoms. The largest absolute Gasteiger partial charge is 0.489 e. The van der Waals surface area contributed by atoms with Crippen LogP contribution < -0.4 is 15.9 Å². The molecule has 2 heterocycles. The molecule has 42 heavy (non-hydrogen) atoms. The minimum atomic E-state index is -0.714. The van der Waals surface area contributed by atoms with Crippen LogP contribution in [0.25, 0.3) is 11.4 Å². The van der Waals surface area contributed by atoms with E-state index >= 15 is 0 Å². The van der Waals surface area contributed by atoms with Crippen LogP contribution in [0.1, 0.15) is 39.6 Å². The molecular formula is C34H29ClN4O3.